The molecule has 0 saturated carbocycles. The average Bonchev–Trinajstić information content (AvgIpc) is 3.11. The number of benzene rings is 2. The number of para-hydroxylation sites is 1. The Bertz CT molecular complexity index is 925. The smallest absolute Gasteiger partial charge is 0.272 e. The fourth-order valence-electron chi connectivity index (χ4n) is 3.04. The van der Waals surface area contributed by atoms with Gasteiger partial charge < -0.3 is 10.2 Å². The second kappa shape index (κ2) is 6.92. The summed E-state index contributed by atoms with van der Waals surface area (Å²) in [5.41, 5.74) is 3.49. The summed E-state index contributed by atoms with van der Waals surface area (Å²) in [6, 6.07) is 17.7. The lowest BCUT2D eigenvalue weighted by Gasteiger charge is -2.17. The van der Waals surface area contributed by atoms with E-state index < -0.39 is 0 Å². The Morgan fingerprint density at radius 3 is 2.62 bits per heavy atom. The van der Waals surface area contributed by atoms with Gasteiger partial charge in [-0.2, -0.15) is 0 Å². The molecule has 0 saturated heterocycles. The maximum absolute atomic E-state index is 12.9. The standard InChI is InChI=1S/C20H17FN4O/c21-16-7-5-14(6-8-16)13-22-20(26)17-9-10-19(24-23-17)25-12-11-15-3-1-2-4-18(15)25/h1-10H,11-13H2,(H,22,26). The van der Waals surface area contributed by atoms with Crippen molar-refractivity contribution < 1.29 is 9.18 Å². The number of aromatic nitrogens is 2. The largest absolute Gasteiger partial charge is 0.347 e. The molecular weight excluding hydrogens is 331 g/mol. The van der Waals surface area contributed by atoms with Crippen LogP contribution in [-0.2, 0) is 13.0 Å². The van der Waals surface area contributed by atoms with Crippen molar-refractivity contribution in [3.05, 3.63) is 83.3 Å². The minimum atomic E-state index is -0.310. The molecular formula is C20H17FN4O. The van der Waals surface area contributed by atoms with Crippen molar-refractivity contribution in [3.8, 4) is 0 Å². The zero-order valence-corrected chi connectivity index (χ0v) is 14.0. The van der Waals surface area contributed by atoms with E-state index in [1.165, 1.54) is 17.7 Å². The summed E-state index contributed by atoms with van der Waals surface area (Å²) in [6.45, 7) is 1.16. The van der Waals surface area contributed by atoms with Gasteiger partial charge in [0.2, 0.25) is 0 Å². The van der Waals surface area contributed by atoms with Crippen LogP contribution in [0.1, 0.15) is 21.6 Å². The number of carbonyl (C=O) groups excluding carboxylic acids is 1. The van der Waals surface area contributed by atoms with Gasteiger partial charge in [-0.3, -0.25) is 4.79 Å². The van der Waals surface area contributed by atoms with Gasteiger partial charge in [0.25, 0.3) is 5.91 Å². The highest BCUT2D eigenvalue weighted by Gasteiger charge is 2.21. The summed E-state index contributed by atoms with van der Waals surface area (Å²) in [6.07, 6.45) is 0.970. The summed E-state index contributed by atoms with van der Waals surface area (Å²) >= 11 is 0. The third kappa shape index (κ3) is 3.26. The normalized spacial score (nSPS) is 12.7. The highest BCUT2D eigenvalue weighted by atomic mass is 19.1. The third-order valence-corrected chi connectivity index (χ3v) is 4.41. The van der Waals surface area contributed by atoms with Crippen LogP contribution in [0, 0.1) is 5.82 Å². The van der Waals surface area contributed by atoms with Crippen molar-refractivity contribution in [2.24, 2.45) is 0 Å². The molecule has 6 heteroatoms. The lowest BCUT2D eigenvalue weighted by molar-refractivity contribution is 0.0945. The van der Waals surface area contributed by atoms with E-state index in [0.29, 0.717) is 6.54 Å². The zero-order chi connectivity index (χ0) is 17.9. The number of halogens is 1. The van der Waals surface area contributed by atoms with Crippen molar-refractivity contribution in [3.63, 3.8) is 0 Å². The molecule has 1 amide bonds. The summed E-state index contributed by atoms with van der Waals surface area (Å²) in [7, 11) is 0. The van der Waals surface area contributed by atoms with Crippen LogP contribution in [0.2, 0.25) is 0 Å². The molecule has 1 aromatic heterocycles. The maximum atomic E-state index is 12.9. The van der Waals surface area contributed by atoms with Crippen molar-refractivity contribution >= 4 is 17.4 Å². The van der Waals surface area contributed by atoms with E-state index in [4.69, 9.17) is 0 Å². The van der Waals surface area contributed by atoms with E-state index >= 15 is 0 Å². The molecule has 0 fully saturated rings. The van der Waals surface area contributed by atoms with Crippen LogP contribution in [0.5, 0.6) is 0 Å². The molecule has 2 aromatic carbocycles. The first-order valence-corrected chi connectivity index (χ1v) is 8.42. The first kappa shape index (κ1) is 16.2. The number of carbonyl (C=O) groups is 1. The number of nitrogens with one attached hydrogen (secondary N) is 1. The van der Waals surface area contributed by atoms with Gasteiger partial charge in [-0.15, -0.1) is 10.2 Å². The highest BCUT2D eigenvalue weighted by molar-refractivity contribution is 5.92. The molecule has 1 N–H and O–H groups in total. The summed E-state index contributed by atoms with van der Waals surface area (Å²) < 4.78 is 12.9. The monoisotopic (exact) mass is 348 g/mol. The second-order valence-electron chi connectivity index (χ2n) is 6.12. The Morgan fingerprint density at radius 1 is 1.04 bits per heavy atom. The fraction of sp³-hybridized carbons (Fsp3) is 0.150. The van der Waals surface area contributed by atoms with Crippen LogP contribution in [0.4, 0.5) is 15.9 Å². The predicted molar refractivity (Wildman–Crippen MR) is 96.8 cm³/mol. The van der Waals surface area contributed by atoms with Crippen molar-refractivity contribution in [1.82, 2.24) is 15.5 Å². The lowest BCUT2D eigenvalue weighted by Crippen LogP contribution is -2.24. The van der Waals surface area contributed by atoms with Gasteiger partial charge in [-0.05, 0) is 47.9 Å². The van der Waals surface area contributed by atoms with Crippen LogP contribution < -0.4 is 10.2 Å². The number of nitrogens with zero attached hydrogens (tertiary/aromatic N) is 3. The molecule has 0 unspecified atom stereocenters. The molecule has 0 radical (unpaired) electrons. The van der Waals surface area contributed by atoms with Crippen LogP contribution in [-0.4, -0.2) is 22.6 Å². The molecule has 0 bridgehead atoms. The minimum absolute atomic E-state index is 0.253. The van der Waals surface area contributed by atoms with Crippen LogP contribution in [0.25, 0.3) is 0 Å². The third-order valence-electron chi connectivity index (χ3n) is 4.41. The molecule has 130 valence electrons. The molecule has 0 spiro atoms. The van der Waals surface area contributed by atoms with Crippen LogP contribution in [0.15, 0.2) is 60.7 Å². The maximum Gasteiger partial charge on any atom is 0.272 e. The number of hydrogen-bond acceptors (Lipinski definition) is 4. The van der Waals surface area contributed by atoms with E-state index in [1.54, 1.807) is 18.2 Å². The van der Waals surface area contributed by atoms with Crippen molar-refractivity contribution in [2.75, 3.05) is 11.4 Å². The molecule has 2 heterocycles. The second-order valence-corrected chi connectivity index (χ2v) is 6.12. The summed E-state index contributed by atoms with van der Waals surface area (Å²) in [5.74, 6) is 0.116. The number of rotatable bonds is 4. The number of anilines is 2. The zero-order valence-electron chi connectivity index (χ0n) is 14.0. The molecule has 5 nitrogen and oxygen atoms in total. The Morgan fingerprint density at radius 2 is 1.85 bits per heavy atom. The van der Waals surface area contributed by atoms with Gasteiger partial charge >= 0.3 is 0 Å². The average molecular weight is 348 g/mol. The fourth-order valence-corrected chi connectivity index (χ4v) is 3.04. The molecule has 1 aliphatic rings. The first-order valence-electron chi connectivity index (χ1n) is 8.42. The topological polar surface area (TPSA) is 58.1 Å². The van der Waals surface area contributed by atoms with E-state index in [0.717, 1.165) is 30.0 Å². The molecule has 3 aromatic rings. The lowest BCUT2D eigenvalue weighted by atomic mass is 10.2. The van der Waals surface area contributed by atoms with Crippen LogP contribution in [0.3, 0.4) is 0 Å². The Labute approximate surface area is 150 Å². The summed E-state index contributed by atoms with van der Waals surface area (Å²) in [4.78, 5) is 14.3. The molecule has 4 rings (SSSR count). The van der Waals surface area contributed by atoms with Gasteiger partial charge in [0.05, 0.1) is 0 Å². The number of fused-ring (bicyclic) bond motifs is 1. The quantitative estimate of drug-likeness (QED) is 0.786. The van der Waals surface area contributed by atoms with Gasteiger partial charge in [-0.1, -0.05) is 30.3 Å². The van der Waals surface area contributed by atoms with Gasteiger partial charge in [0.1, 0.15) is 5.82 Å². The van der Waals surface area contributed by atoms with E-state index in [-0.39, 0.29) is 17.4 Å². The Hall–Kier alpha value is -3.28. The SMILES string of the molecule is O=C(NCc1ccc(F)cc1)c1ccc(N2CCc3ccccc32)nn1. The minimum Gasteiger partial charge on any atom is -0.347 e. The van der Waals surface area contributed by atoms with Crippen LogP contribution >= 0.6 is 0 Å². The summed E-state index contributed by atoms with van der Waals surface area (Å²) in [5, 5.41) is 11.0. The Balaban J connectivity index is 1.43. The predicted octanol–water partition coefficient (Wildman–Crippen LogP) is 3.24. The number of hydrogen-bond donors (Lipinski definition) is 1. The van der Waals surface area contributed by atoms with E-state index in [9.17, 15) is 9.18 Å². The van der Waals surface area contributed by atoms with Gasteiger partial charge in [0.15, 0.2) is 11.5 Å². The van der Waals surface area contributed by atoms with E-state index in [1.807, 2.05) is 18.2 Å². The number of amides is 1. The van der Waals surface area contributed by atoms with Gasteiger partial charge in [-0.25, -0.2) is 4.39 Å². The molecule has 0 atom stereocenters. The van der Waals surface area contributed by atoms with E-state index in [2.05, 4.69) is 32.5 Å². The highest BCUT2D eigenvalue weighted by Crippen LogP contribution is 2.32. The Kier molecular flexibility index (Phi) is 4.31. The molecule has 26 heavy (non-hydrogen) atoms. The van der Waals surface area contributed by atoms with Crippen molar-refractivity contribution in [2.45, 2.75) is 13.0 Å². The molecule has 0 aliphatic carbocycles. The van der Waals surface area contributed by atoms with Gasteiger partial charge in [0, 0.05) is 18.8 Å². The van der Waals surface area contributed by atoms with Crippen molar-refractivity contribution in [1.29, 1.82) is 0 Å². The molecule has 1 aliphatic heterocycles. The first-order chi connectivity index (χ1) is 12.7.